The Bertz CT molecular complexity index is 1550. The molecule has 17 heteroatoms. The third-order valence-corrected chi connectivity index (χ3v) is 9.89. The highest BCUT2D eigenvalue weighted by Crippen LogP contribution is 2.36. The van der Waals surface area contributed by atoms with Gasteiger partial charge in [0.05, 0.1) is 21.9 Å². The fraction of sp³-hybridized carbons (Fsp3) is 0.400. The molecule has 4 heterocycles. The van der Waals surface area contributed by atoms with E-state index in [1.54, 1.807) is 11.0 Å². The van der Waals surface area contributed by atoms with Gasteiger partial charge in [-0.25, -0.2) is 13.4 Å². The van der Waals surface area contributed by atoms with E-state index in [1.807, 2.05) is 4.90 Å². The average Bonchev–Trinajstić information content (AvgIpc) is 3.40. The summed E-state index contributed by atoms with van der Waals surface area (Å²) in [4.78, 5) is 23.9. The van der Waals surface area contributed by atoms with Gasteiger partial charge < -0.3 is 19.5 Å². The number of amides is 1. The van der Waals surface area contributed by atoms with E-state index < -0.39 is 33.6 Å². The first-order valence-corrected chi connectivity index (χ1v) is 15.4. The minimum Gasteiger partial charge on any atom is -0.417 e. The second-order valence-corrected chi connectivity index (χ2v) is 12.8. The van der Waals surface area contributed by atoms with E-state index in [4.69, 9.17) is 39.2 Å². The van der Waals surface area contributed by atoms with Crippen LogP contribution in [0.1, 0.15) is 35.5 Å². The number of pyridine rings is 1. The average molecular weight is 668 g/mol. The molecule has 2 aromatic heterocycles. The quantitative estimate of drug-likeness (QED) is 0.351. The lowest BCUT2D eigenvalue weighted by atomic mass is 10.1. The smallest absolute Gasteiger partial charge is 0.417 e. The number of anilines is 3. The summed E-state index contributed by atoms with van der Waals surface area (Å²) in [5.74, 6) is -1.55. The van der Waals surface area contributed by atoms with E-state index in [-0.39, 0.29) is 57.8 Å². The maximum Gasteiger partial charge on any atom is 0.437 e. The van der Waals surface area contributed by atoms with Gasteiger partial charge in [0.25, 0.3) is 11.9 Å². The van der Waals surface area contributed by atoms with Crippen LogP contribution in [0.25, 0.3) is 0 Å². The number of piperazine rings is 1. The van der Waals surface area contributed by atoms with Crippen LogP contribution in [0.3, 0.4) is 0 Å². The van der Waals surface area contributed by atoms with Crippen LogP contribution in [-0.4, -0.2) is 67.9 Å². The van der Waals surface area contributed by atoms with Gasteiger partial charge in [-0.3, -0.25) is 4.79 Å². The Kier molecular flexibility index (Phi) is 8.82. The summed E-state index contributed by atoms with van der Waals surface area (Å²) < 4.78 is 73.8. The molecule has 42 heavy (non-hydrogen) atoms. The van der Waals surface area contributed by atoms with Crippen molar-refractivity contribution in [2.45, 2.75) is 30.3 Å². The number of hydrogen-bond acceptors (Lipinski definition) is 8. The van der Waals surface area contributed by atoms with Crippen molar-refractivity contribution in [1.29, 1.82) is 0 Å². The summed E-state index contributed by atoms with van der Waals surface area (Å²) in [6.45, 7) is 1.78. The van der Waals surface area contributed by atoms with E-state index in [0.29, 0.717) is 18.9 Å². The Morgan fingerprint density at radius 3 is 2.14 bits per heavy atom. The van der Waals surface area contributed by atoms with Crippen LogP contribution in [0, 0.1) is 0 Å². The van der Waals surface area contributed by atoms with E-state index in [0.717, 1.165) is 19.3 Å². The highest BCUT2D eigenvalue weighted by Gasteiger charge is 2.42. The summed E-state index contributed by atoms with van der Waals surface area (Å²) in [6.07, 6.45) is -1.05. The molecule has 2 aliphatic rings. The van der Waals surface area contributed by atoms with Gasteiger partial charge >= 0.3 is 6.18 Å². The van der Waals surface area contributed by atoms with Crippen LogP contribution in [0.4, 0.5) is 30.7 Å². The largest absolute Gasteiger partial charge is 0.437 e. The summed E-state index contributed by atoms with van der Waals surface area (Å²) in [5, 5.41) is 2.44. The number of carbonyl (C=O) groups excluding carboxylic acids is 1. The number of oxazole rings is 1. The molecule has 0 radical (unpaired) electrons. The predicted molar refractivity (Wildman–Crippen MR) is 152 cm³/mol. The van der Waals surface area contributed by atoms with Gasteiger partial charge in [0.15, 0.2) is 5.69 Å². The van der Waals surface area contributed by atoms with Crippen LogP contribution in [0.2, 0.25) is 15.1 Å². The van der Waals surface area contributed by atoms with Crippen LogP contribution < -0.4 is 15.1 Å². The molecule has 0 atom stereocenters. The molecule has 2 aliphatic heterocycles. The van der Waals surface area contributed by atoms with Crippen molar-refractivity contribution in [3.63, 3.8) is 0 Å². The number of nitrogens with one attached hydrogen (secondary N) is 1. The van der Waals surface area contributed by atoms with Crippen molar-refractivity contribution in [1.82, 2.24) is 14.3 Å². The molecular weight excluding hydrogens is 644 g/mol. The fourth-order valence-corrected chi connectivity index (χ4v) is 7.69. The van der Waals surface area contributed by atoms with Crippen LogP contribution in [0.15, 0.2) is 39.8 Å². The number of aromatic nitrogens is 2. The van der Waals surface area contributed by atoms with Crippen molar-refractivity contribution in [2.24, 2.45) is 0 Å². The van der Waals surface area contributed by atoms with Crippen molar-refractivity contribution in [3.05, 3.63) is 57.0 Å². The van der Waals surface area contributed by atoms with Crippen molar-refractivity contribution >= 4 is 68.3 Å². The van der Waals surface area contributed by atoms with Crippen molar-refractivity contribution in [3.8, 4) is 0 Å². The normalized spacial score (nSPS) is 17.0. The molecule has 0 aliphatic carbocycles. The van der Waals surface area contributed by atoms with Gasteiger partial charge in [-0.15, -0.1) is 0 Å². The summed E-state index contributed by atoms with van der Waals surface area (Å²) in [6, 6.07) is 5.43. The number of halogens is 6. The SMILES string of the molecule is O=C(Nc1ccc(N2CCN(S(=O)(=O)c3c(Cl)cc(Cl)cc3Cl)CC2)nc1)c1oc(N2CCCCC2)nc1C(F)(F)F. The molecule has 1 aromatic carbocycles. The maximum absolute atomic E-state index is 13.6. The number of benzene rings is 1. The predicted octanol–water partition coefficient (Wildman–Crippen LogP) is 5.80. The number of alkyl halides is 3. The van der Waals surface area contributed by atoms with Gasteiger partial charge in [0.1, 0.15) is 10.7 Å². The molecule has 2 saturated heterocycles. The zero-order chi connectivity index (χ0) is 30.2. The molecule has 5 rings (SSSR count). The highest BCUT2D eigenvalue weighted by atomic mass is 35.5. The highest BCUT2D eigenvalue weighted by molar-refractivity contribution is 7.89. The molecule has 1 amide bonds. The first-order valence-electron chi connectivity index (χ1n) is 12.8. The van der Waals surface area contributed by atoms with E-state index >= 15 is 0 Å². The maximum atomic E-state index is 13.6. The minimum atomic E-state index is -4.88. The standard InChI is InChI=1S/C25H24Cl3F3N6O4S/c26-15-12-17(27)21(18(28)13-15)42(39,40)37-10-8-35(9-11-37)19-5-4-16(14-32-19)33-23(38)20-22(25(29,30)31)34-24(41-20)36-6-2-1-3-7-36/h4-5,12-14H,1-3,6-11H2,(H,33,38). The fourth-order valence-electron chi connectivity index (χ4n) is 4.77. The van der Waals surface area contributed by atoms with Crippen molar-refractivity contribution in [2.75, 3.05) is 54.4 Å². The molecule has 226 valence electrons. The van der Waals surface area contributed by atoms with Crippen LogP contribution in [-0.2, 0) is 16.2 Å². The zero-order valence-corrected chi connectivity index (χ0v) is 24.9. The number of carbonyl (C=O) groups is 1. The Morgan fingerprint density at radius 1 is 0.929 bits per heavy atom. The zero-order valence-electron chi connectivity index (χ0n) is 21.8. The van der Waals surface area contributed by atoms with E-state index in [9.17, 15) is 26.4 Å². The molecule has 1 N–H and O–H groups in total. The number of piperidine rings is 1. The van der Waals surface area contributed by atoms with Gasteiger partial charge in [-0.1, -0.05) is 34.8 Å². The Hall–Kier alpha value is -2.78. The molecular formula is C25H24Cl3F3N6O4S. The third kappa shape index (κ3) is 6.42. The van der Waals surface area contributed by atoms with E-state index in [1.165, 1.54) is 28.7 Å². The van der Waals surface area contributed by atoms with E-state index in [2.05, 4.69) is 15.3 Å². The molecule has 0 spiro atoms. The molecule has 2 fully saturated rings. The summed E-state index contributed by atoms with van der Waals surface area (Å²) in [5.41, 5.74) is -1.25. The topological polar surface area (TPSA) is 112 Å². The Morgan fingerprint density at radius 2 is 1.57 bits per heavy atom. The van der Waals surface area contributed by atoms with Gasteiger partial charge in [-0.05, 0) is 43.5 Å². The van der Waals surface area contributed by atoms with Gasteiger partial charge in [-0.2, -0.15) is 22.5 Å². The number of sulfonamides is 1. The molecule has 0 unspecified atom stereocenters. The summed E-state index contributed by atoms with van der Waals surface area (Å²) >= 11 is 18.2. The minimum absolute atomic E-state index is 0.0790. The molecule has 10 nitrogen and oxygen atoms in total. The first kappa shape index (κ1) is 30.7. The Labute approximate surface area is 254 Å². The second-order valence-electron chi connectivity index (χ2n) is 9.67. The van der Waals surface area contributed by atoms with Gasteiger partial charge in [0.2, 0.25) is 15.8 Å². The molecule has 0 bridgehead atoms. The third-order valence-electron chi connectivity index (χ3n) is 6.85. The second kappa shape index (κ2) is 12.1. The number of nitrogens with zero attached hydrogens (tertiary/aromatic N) is 5. The summed E-state index contributed by atoms with van der Waals surface area (Å²) in [7, 11) is -3.99. The van der Waals surface area contributed by atoms with Gasteiger partial charge in [0, 0.05) is 44.3 Å². The number of hydrogen-bond donors (Lipinski definition) is 1. The van der Waals surface area contributed by atoms with Crippen molar-refractivity contribution < 1.29 is 30.8 Å². The van der Waals surface area contributed by atoms with Crippen LogP contribution in [0.5, 0.6) is 0 Å². The molecule has 3 aromatic rings. The Balaban J connectivity index is 1.24. The van der Waals surface area contributed by atoms with Crippen LogP contribution >= 0.6 is 34.8 Å². The number of rotatable bonds is 6. The lowest BCUT2D eigenvalue weighted by molar-refractivity contribution is -0.141. The lowest BCUT2D eigenvalue weighted by Gasteiger charge is -2.35. The monoisotopic (exact) mass is 666 g/mol. The first-order chi connectivity index (χ1) is 19.8. The lowest BCUT2D eigenvalue weighted by Crippen LogP contribution is -2.49. The molecule has 0 saturated carbocycles.